The Labute approximate surface area is 168 Å². The lowest BCUT2D eigenvalue weighted by Gasteiger charge is -2.17. The third-order valence-electron chi connectivity index (χ3n) is 4.40. The predicted molar refractivity (Wildman–Crippen MR) is 110 cm³/mol. The Kier molecular flexibility index (Phi) is 6.03. The van der Waals surface area contributed by atoms with E-state index in [0.717, 1.165) is 23.4 Å². The zero-order chi connectivity index (χ0) is 20.3. The van der Waals surface area contributed by atoms with Crippen LogP contribution in [0.4, 0.5) is 0 Å². The summed E-state index contributed by atoms with van der Waals surface area (Å²) in [5, 5.41) is 16.1. The SMILES string of the molecule is CC[C@H](NC(=O)CSc1nnc(-n2nc(C)cc2C)n1N)c1ccc(C)cc1. The van der Waals surface area contributed by atoms with Crippen LogP contribution in [0, 0.1) is 20.8 Å². The smallest absolute Gasteiger partial charge is 0.271 e. The summed E-state index contributed by atoms with van der Waals surface area (Å²) in [6.07, 6.45) is 0.814. The fourth-order valence-corrected chi connectivity index (χ4v) is 3.59. The van der Waals surface area contributed by atoms with E-state index in [1.54, 1.807) is 4.68 Å². The van der Waals surface area contributed by atoms with E-state index in [1.165, 1.54) is 22.0 Å². The molecule has 0 saturated carbocycles. The minimum Gasteiger partial charge on any atom is -0.349 e. The van der Waals surface area contributed by atoms with Crippen LogP contribution in [0.1, 0.15) is 41.9 Å². The van der Waals surface area contributed by atoms with Gasteiger partial charge in [0.1, 0.15) is 0 Å². The van der Waals surface area contributed by atoms with Gasteiger partial charge in [0.2, 0.25) is 11.1 Å². The number of aromatic nitrogens is 5. The molecule has 9 heteroatoms. The van der Waals surface area contributed by atoms with E-state index in [4.69, 9.17) is 5.84 Å². The number of nitrogen functional groups attached to an aromatic ring is 1. The number of amides is 1. The fourth-order valence-electron chi connectivity index (χ4n) is 2.93. The summed E-state index contributed by atoms with van der Waals surface area (Å²) >= 11 is 1.24. The number of nitrogens with one attached hydrogen (secondary N) is 1. The van der Waals surface area contributed by atoms with Crippen molar-refractivity contribution in [1.29, 1.82) is 0 Å². The van der Waals surface area contributed by atoms with E-state index in [9.17, 15) is 4.79 Å². The van der Waals surface area contributed by atoms with Gasteiger partial charge in [-0.25, -0.2) is 9.36 Å². The van der Waals surface area contributed by atoms with Gasteiger partial charge in [0.05, 0.1) is 17.5 Å². The zero-order valence-corrected chi connectivity index (χ0v) is 17.3. The van der Waals surface area contributed by atoms with Gasteiger partial charge in [-0.15, -0.1) is 10.2 Å². The second-order valence-electron chi connectivity index (χ2n) is 6.72. The number of carbonyl (C=O) groups is 1. The maximum atomic E-state index is 12.4. The summed E-state index contributed by atoms with van der Waals surface area (Å²) in [5.41, 5.74) is 4.08. The number of thioether (sulfide) groups is 1. The molecule has 0 aliphatic carbocycles. The topological polar surface area (TPSA) is 104 Å². The first-order valence-corrected chi connectivity index (χ1v) is 10.1. The Hall–Kier alpha value is -2.81. The molecule has 1 atom stereocenters. The summed E-state index contributed by atoms with van der Waals surface area (Å²) in [6, 6.07) is 10.1. The summed E-state index contributed by atoms with van der Waals surface area (Å²) in [5.74, 6) is 6.65. The molecule has 0 radical (unpaired) electrons. The molecule has 148 valence electrons. The molecule has 2 aromatic heterocycles. The van der Waals surface area contributed by atoms with Crippen LogP contribution in [0.2, 0.25) is 0 Å². The number of rotatable bonds is 7. The van der Waals surface area contributed by atoms with Crippen LogP contribution in [0.5, 0.6) is 0 Å². The minimum absolute atomic E-state index is 0.0188. The maximum Gasteiger partial charge on any atom is 0.271 e. The van der Waals surface area contributed by atoms with Crippen molar-refractivity contribution in [2.75, 3.05) is 11.6 Å². The van der Waals surface area contributed by atoms with Crippen molar-refractivity contribution in [3.8, 4) is 5.95 Å². The lowest BCUT2D eigenvalue weighted by molar-refractivity contribution is -0.119. The van der Waals surface area contributed by atoms with E-state index < -0.39 is 0 Å². The monoisotopic (exact) mass is 399 g/mol. The Morgan fingerprint density at radius 2 is 1.93 bits per heavy atom. The van der Waals surface area contributed by atoms with Gasteiger partial charge in [-0.2, -0.15) is 5.10 Å². The Balaban J connectivity index is 1.63. The molecule has 3 aromatic rings. The Bertz CT molecular complexity index is 961. The van der Waals surface area contributed by atoms with Gasteiger partial charge in [-0.3, -0.25) is 4.79 Å². The van der Waals surface area contributed by atoms with Gasteiger partial charge >= 0.3 is 0 Å². The first kappa shape index (κ1) is 19.9. The van der Waals surface area contributed by atoms with Crippen LogP contribution < -0.4 is 11.2 Å². The molecule has 0 saturated heterocycles. The maximum absolute atomic E-state index is 12.4. The highest BCUT2D eigenvalue weighted by Gasteiger charge is 2.17. The van der Waals surface area contributed by atoms with Crippen LogP contribution in [0.15, 0.2) is 35.5 Å². The van der Waals surface area contributed by atoms with Crippen LogP contribution >= 0.6 is 11.8 Å². The first-order chi connectivity index (χ1) is 13.4. The minimum atomic E-state index is -0.0758. The summed E-state index contributed by atoms with van der Waals surface area (Å²) in [6.45, 7) is 7.92. The van der Waals surface area contributed by atoms with Gasteiger partial charge in [0.25, 0.3) is 5.95 Å². The average molecular weight is 400 g/mol. The highest BCUT2D eigenvalue weighted by molar-refractivity contribution is 7.99. The summed E-state index contributed by atoms with van der Waals surface area (Å²) in [7, 11) is 0. The van der Waals surface area contributed by atoms with Gasteiger partial charge in [0.15, 0.2) is 0 Å². The molecule has 0 spiro atoms. The van der Waals surface area contributed by atoms with E-state index in [2.05, 4.69) is 39.7 Å². The second kappa shape index (κ2) is 8.47. The second-order valence-corrected chi connectivity index (χ2v) is 7.66. The third-order valence-corrected chi connectivity index (χ3v) is 5.34. The number of hydrogen-bond acceptors (Lipinski definition) is 6. The number of nitrogens with zero attached hydrogens (tertiary/aromatic N) is 5. The predicted octanol–water partition coefficient (Wildman–Crippen LogP) is 2.46. The number of hydrogen-bond donors (Lipinski definition) is 2. The Morgan fingerprint density at radius 1 is 1.21 bits per heavy atom. The number of nitrogens with two attached hydrogens (primary N) is 1. The molecule has 0 unspecified atom stereocenters. The van der Waals surface area contributed by atoms with Crippen molar-refractivity contribution >= 4 is 17.7 Å². The lowest BCUT2D eigenvalue weighted by Crippen LogP contribution is -2.29. The molecule has 0 fully saturated rings. The summed E-state index contributed by atoms with van der Waals surface area (Å²) in [4.78, 5) is 12.4. The summed E-state index contributed by atoms with van der Waals surface area (Å²) < 4.78 is 2.99. The van der Waals surface area contributed by atoms with Crippen molar-refractivity contribution in [2.45, 2.75) is 45.3 Å². The first-order valence-electron chi connectivity index (χ1n) is 9.12. The molecular weight excluding hydrogens is 374 g/mol. The quantitative estimate of drug-likeness (QED) is 0.467. The van der Waals surface area contributed by atoms with Gasteiger partial charge in [0, 0.05) is 5.69 Å². The molecule has 8 nitrogen and oxygen atoms in total. The molecule has 1 amide bonds. The van der Waals surface area contributed by atoms with Crippen LogP contribution in [-0.2, 0) is 4.79 Å². The molecule has 0 bridgehead atoms. The molecule has 2 heterocycles. The Morgan fingerprint density at radius 3 is 2.54 bits per heavy atom. The fraction of sp³-hybridized carbons (Fsp3) is 0.368. The van der Waals surface area contributed by atoms with E-state index in [-0.39, 0.29) is 17.7 Å². The van der Waals surface area contributed by atoms with Crippen molar-refractivity contribution in [3.05, 3.63) is 52.8 Å². The molecule has 1 aromatic carbocycles. The van der Waals surface area contributed by atoms with Gasteiger partial charge in [-0.05, 0) is 38.8 Å². The van der Waals surface area contributed by atoms with Gasteiger partial charge < -0.3 is 11.2 Å². The molecule has 3 N–H and O–H groups in total. The van der Waals surface area contributed by atoms with Gasteiger partial charge in [-0.1, -0.05) is 48.5 Å². The van der Waals surface area contributed by atoms with Crippen molar-refractivity contribution in [1.82, 2.24) is 30.0 Å². The van der Waals surface area contributed by atoms with E-state index in [1.807, 2.05) is 39.0 Å². The molecule has 3 rings (SSSR count). The van der Waals surface area contributed by atoms with Crippen molar-refractivity contribution < 1.29 is 4.79 Å². The molecular formula is C19H25N7OS. The lowest BCUT2D eigenvalue weighted by atomic mass is 10.0. The van der Waals surface area contributed by atoms with Crippen LogP contribution in [-0.4, -0.2) is 36.3 Å². The third kappa shape index (κ3) is 4.36. The average Bonchev–Trinajstić information content (AvgIpc) is 3.19. The van der Waals surface area contributed by atoms with Crippen LogP contribution in [0.3, 0.4) is 0 Å². The normalized spacial score (nSPS) is 12.1. The molecule has 28 heavy (non-hydrogen) atoms. The van der Waals surface area contributed by atoms with E-state index >= 15 is 0 Å². The van der Waals surface area contributed by atoms with E-state index in [0.29, 0.717) is 11.1 Å². The van der Waals surface area contributed by atoms with Crippen LogP contribution in [0.25, 0.3) is 5.95 Å². The number of carbonyl (C=O) groups excluding carboxylic acids is 1. The van der Waals surface area contributed by atoms with Crippen molar-refractivity contribution in [3.63, 3.8) is 0 Å². The number of benzene rings is 1. The molecule has 0 aliphatic rings. The largest absolute Gasteiger partial charge is 0.349 e. The standard InChI is InChI=1S/C19H25N7OS/c1-5-16(15-8-6-12(2)7-9-15)21-17(27)11-28-19-23-22-18(25(19)20)26-14(4)10-13(3)24-26/h6-10,16H,5,11,20H2,1-4H3,(H,21,27)/t16-/m0/s1. The highest BCUT2D eigenvalue weighted by Crippen LogP contribution is 2.20. The van der Waals surface area contributed by atoms with Crippen molar-refractivity contribution in [2.24, 2.45) is 0 Å². The zero-order valence-electron chi connectivity index (χ0n) is 16.5. The molecule has 0 aliphatic heterocycles. The highest BCUT2D eigenvalue weighted by atomic mass is 32.2. The number of aryl methyl sites for hydroxylation is 3.